The second kappa shape index (κ2) is 3.35. The van der Waals surface area contributed by atoms with Gasteiger partial charge >= 0.3 is 0 Å². The van der Waals surface area contributed by atoms with Crippen molar-refractivity contribution in [1.82, 2.24) is 9.97 Å². The Balaban J connectivity index is 2.54. The molecule has 2 rings (SSSR count). The molecule has 0 N–H and O–H groups in total. The van der Waals surface area contributed by atoms with Crippen molar-refractivity contribution in [2.75, 3.05) is 0 Å². The normalized spacial score (nSPS) is 9.92. The highest BCUT2D eigenvalue weighted by molar-refractivity contribution is 5.61. The molecule has 0 aliphatic carbocycles. The van der Waals surface area contributed by atoms with Crippen LogP contribution in [-0.2, 0) is 0 Å². The second-order valence-electron chi connectivity index (χ2n) is 2.81. The van der Waals surface area contributed by atoms with Gasteiger partial charge < -0.3 is 0 Å². The van der Waals surface area contributed by atoms with Gasteiger partial charge in [-0.05, 0) is 30.7 Å². The summed E-state index contributed by atoms with van der Waals surface area (Å²) in [4.78, 5) is 8.18. The van der Waals surface area contributed by atoms with E-state index in [0.29, 0.717) is 0 Å². The maximum atomic E-state index is 4.26. The van der Waals surface area contributed by atoms with Crippen molar-refractivity contribution < 1.29 is 0 Å². The topological polar surface area (TPSA) is 25.8 Å². The van der Waals surface area contributed by atoms with Gasteiger partial charge in [-0.15, -0.1) is 0 Å². The molecule has 0 aliphatic rings. The van der Waals surface area contributed by atoms with Gasteiger partial charge in [-0.2, -0.15) is 0 Å². The van der Waals surface area contributed by atoms with Crippen LogP contribution in [0.1, 0.15) is 5.56 Å². The Morgan fingerprint density at radius 2 is 2.08 bits per heavy atom. The molecule has 2 aromatic rings. The molecule has 0 saturated heterocycles. The van der Waals surface area contributed by atoms with Crippen LogP contribution in [0, 0.1) is 13.1 Å². The first-order valence-electron chi connectivity index (χ1n) is 4.12. The molecule has 13 heavy (non-hydrogen) atoms. The molecule has 2 heteroatoms. The van der Waals surface area contributed by atoms with Gasteiger partial charge in [0.05, 0.1) is 11.9 Å². The summed E-state index contributed by atoms with van der Waals surface area (Å²) < 4.78 is 0. The lowest BCUT2D eigenvalue weighted by Crippen LogP contribution is -1.86. The lowest BCUT2D eigenvalue weighted by molar-refractivity contribution is 1.23. The SMILES string of the molecule is Cc1[c]nccc1-c1ccccn1. The van der Waals surface area contributed by atoms with E-state index in [9.17, 15) is 0 Å². The predicted octanol–water partition coefficient (Wildman–Crippen LogP) is 2.25. The minimum atomic E-state index is 0.971. The predicted molar refractivity (Wildman–Crippen MR) is 51.0 cm³/mol. The maximum Gasteiger partial charge on any atom is 0.0924 e. The number of aromatic nitrogens is 2. The molecule has 0 fully saturated rings. The van der Waals surface area contributed by atoms with Crippen molar-refractivity contribution in [3.8, 4) is 11.3 Å². The van der Waals surface area contributed by atoms with Crippen LogP contribution in [0.15, 0.2) is 36.7 Å². The number of aryl methyl sites for hydroxylation is 1. The van der Waals surface area contributed by atoms with Crippen molar-refractivity contribution in [3.63, 3.8) is 0 Å². The van der Waals surface area contributed by atoms with E-state index in [4.69, 9.17) is 0 Å². The Kier molecular flexibility index (Phi) is 2.04. The molecule has 1 radical (unpaired) electrons. The molecule has 0 bridgehead atoms. The summed E-state index contributed by atoms with van der Waals surface area (Å²) in [5.74, 6) is 0. The molecule has 63 valence electrons. The van der Waals surface area contributed by atoms with E-state index in [2.05, 4.69) is 16.2 Å². The first-order chi connectivity index (χ1) is 6.38. The molecular weight excluding hydrogens is 160 g/mol. The van der Waals surface area contributed by atoms with E-state index in [1.807, 2.05) is 31.2 Å². The second-order valence-corrected chi connectivity index (χ2v) is 2.81. The van der Waals surface area contributed by atoms with Crippen molar-refractivity contribution in [2.24, 2.45) is 0 Å². The van der Waals surface area contributed by atoms with Gasteiger partial charge in [0.15, 0.2) is 0 Å². The fourth-order valence-corrected chi connectivity index (χ4v) is 1.23. The summed E-state index contributed by atoms with van der Waals surface area (Å²) in [5.41, 5.74) is 3.09. The van der Waals surface area contributed by atoms with Crippen LogP contribution in [0.4, 0.5) is 0 Å². The Morgan fingerprint density at radius 3 is 2.77 bits per heavy atom. The Bertz CT molecular complexity index is 396. The van der Waals surface area contributed by atoms with Crippen LogP contribution in [0.2, 0.25) is 0 Å². The quantitative estimate of drug-likeness (QED) is 0.654. The zero-order valence-electron chi connectivity index (χ0n) is 7.36. The highest BCUT2D eigenvalue weighted by Gasteiger charge is 2.00. The number of hydrogen-bond donors (Lipinski definition) is 0. The number of hydrogen-bond acceptors (Lipinski definition) is 2. The van der Waals surface area contributed by atoms with Crippen LogP contribution in [0.25, 0.3) is 11.3 Å². The van der Waals surface area contributed by atoms with Crippen LogP contribution in [0.3, 0.4) is 0 Å². The van der Waals surface area contributed by atoms with Gasteiger partial charge in [0, 0.05) is 18.0 Å². The summed E-state index contributed by atoms with van der Waals surface area (Å²) >= 11 is 0. The fourth-order valence-electron chi connectivity index (χ4n) is 1.23. The molecule has 2 heterocycles. The molecule has 0 atom stereocenters. The maximum absolute atomic E-state index is 4.26. The van der Waals surface area contributed by atoms with Gasteiger partial charge in [-0.3, -0.25) is 9.97 Å². The fraction of sp³-hybridized carbons (Fsp3) is 0.0909. The molecule has 0 aromatic carbocycles. The zero-order valence-corrected chi connectivity index (χ0v) is 7.36. The summed E-state index contributed by atoms with van der Waals surface area (Å²) in [5, 5.41) is 0. The first kappa shape index (κ1) is 7.92. The highest BCUT2D eigenvalue weighted by Crippen LogP contribution is 2.18. The summed E-state index contributed by atoms with van der Waals surface area (Å²) in [6, 6.07) is 7.82. The van der Waals surface area contributed by atoms with Gasteiger partial charge in [0.2, 0.25) is 0 Å². The van der Waals surface area contributed by atoms with Gasteiger partial charge in [0.25, 0.3) is 0 Å². The Labute approximate surface area is 77.3 Å². The number of nitrogens with zero attached hydrogens (tertiary/aromatic N) is 2. The smallest absolute Gasteiger partial charge is 0.0924 e. The van der Waals surface area contributed by atoms with Gasteiger partial charge in [-0.25, -0.2) is 0 Å². The van der Waals surface area contributed by atoms with Crippen molar-refractivity contribution >= 4 is 0 Å². The van der Waals surface area contributed by atoms with E-state index < -0.39 is 0 Å². The van der Waals surface area contributed by atoms with Crippen LogP contribution >= 0.6 is 0 Å². The minimum absolute atomic E-state index is 0.971. The van der Waals surface area contributed by atoms with Crippen molar-refractivity contribution in [3.05, 3.63) is 48.4 Å². The molecule has 0 unspecified atom stereocenters. The average molecular weight is 169 g/mol. The number of pyridine rings is 2. The van der Waals surface area contributed by atoms with Crippen molar-refractivity contribution in [1.29, 1.82) is 0 Å². The third-order valence-corrected chi connectivity index (χ3v) is 1.89. The Hall–Kier alpha value is -1.70. The van der Waals surface area contributed by atoms with E-state index in [-0.39, 0.29) is 0 Å². The van der Waals surface area contributed by atoms with E-state index >= 15 is 0 Å². The molecular formula is C11H9N2. The lowest BCUT2D eigenvalue weighted by Gasteiger charge is -2.01. The number of rotatable bonds is 1. The minimum Gasteiger partial charge on any atom is -0.256 e. The van der Waals surface area contributed by atoms with E-state index in [1.54, 1.807) is 12.4 Å². The summed E-state index contributed by atoms with van der Waals surface area (Å²) in [7, 11) is 0. The zero-order chi connectivity index (χ0) is 9.10. The van der Waals surface area contributed by atoms with Gasteiger partial charge in [0.1, 0.15) is 0 Å². The lowest BCUT2D eigenvalue weighted by atomic mass is 10.1. The van der Waals surface area contributed by atoms with Crippen LogP contribution in [0.5, 0.6) is 0 Å². The van der Waals surface area contributed by atoms with Crippen molar-refractivity contribution in [2.45, 2.75) is 6.92 Å². The standard InChI is InChI=1S/C11H9N2/c1-9-8-12-7-5-10(9)11-4-2-3-6-13-11/h2-7H,1H3. The molecule has 2 nitrogen and oxygen atoms in total. The highest BCUT2D eigenvalue weighted by atomic mass is 14.7. The Morgan fingerprint density at radius 1 is 1.15 bits per heavy atom. The molecule has 0 saturated carbocycles. The summed E-state index contributed by atoms with van der Waals surface area (Å²) in [6.07, 6.45) is 6.43. The monoisotopic (exact) mass is 169 g/mol. The molecule has 0 aliphatic heterocycles. The molecule has 2 aromatic heterocycles. The van der Waals surface area contributed by atoms with E-state index in [0.717, 1.165) is 16.8 Å². The van der Waals surface area contributed by atoms with Crippen LogP contribution < -0.4 is 0 Å². The summed E-state index contributed by atoms with van der Waals surface area (Å²) in [6.45, 7) is 1.98. The third kappa shape index (κ3) is 1.56. The van der Waals surface area contributed by atoms with Crippen LogP contribution in [-0.4, -0.2) is 9.97 Å². The van der Waals surface area contributed by atoms with E-state index in [1.165, 1.54) is 0 Å². The largest absolute Gasteiger partial charge is 0.256 e. The first-order valence-corrected chi connectivity index (χ1v) is 4.12. The third-order valence-electron chi connectivity index (χ3n) is 1.89. The average Bonchev–Trinajstić information content (AvgIpc) is 2.20. The van der Waals surface area contributed by atoms with Gasteiger partial charge in [-0.1, -0.05) is 6.07 Å². The molecule has 0 amide bonds. The molecule has 0 spiro atoms.